The van der Waals surface area contributed by atoms with E-state index in [1.165, 1.54) is 0 Å². The van der Waals surface area contributed by atoms with Gasteiger partial charge in [0.25, 0.3) is 11.7 Å². The zero-order valence-corrected chi connectivity index (χ0v) is 9.38. The Morgan fingerprint density at radius 1 is 1.19 bits per heavy atom. The third kappa shape index (κ3) is 1.85. The second-order valence-corrected chi connectivity index (χ2v) is 4.08. The summed E-state index contributed by atoms with van der Waals surface area (Å²) in [7, 11) is 0. The minimum absolute atomic E-state index is 0.387. The van der Waals surface area contributed by atoms with Crippen molar-refractivity contribution in [1.29, 1.82) is 0 Å². The second kappa shape index (κ2) is 4.47. The van der Waals surface area contributed by atoms with Gasteiger partial charge in [-0.05, 0) is 24.5 Å². The van der Waals surface area contributed by atoms with Crippen LogP contribution in [0.15, 0.2) is 18.2 Å². The first kappa shape index (κ1) is 10.9. The van der Waals surface area contributed by atoms with Crippen molar-refractivity contribution in [1.82, 2.24) is 0 Å². The Hall–Kier alpha value is -1.64. The molecule has 1 aliphatic rings. The normalized spacial score (nSPS) is 13.8. The molecule has 0 saturated carbocycles. The molecule has 0 bridgehead atoms. The molecular formula is C13H15NO2. The molecule has 0 aliphatic carbocycles. The summed E-state index contributed by atoms with van der Waals surface area (Å²) in [5.74, 6) is -0.889. The van der Waals surface area contributed by atoms with Crippen LogP contribution in [-0.4, -0.2) is 11.7 Å². The van der Waals surface area contributed by atoms with Crippen molar-refractivity contribution >= 4 is 17.4 Å². The fraction of sp³-hybridized carbons (Fsp3) is 0.385. The molecule has 3 nitrogen and oxygen atoms in total. The summed E-state index contributed by atoms with van der Waals surface area (Å²) >= 11 is 0. The van der Waals surface area contributed by atoms with Crippen LogP contribution in [0.2, 0.25) is 0 Å². The molecule has 0 spiro atoms. The Balaban J connectivity index is 2.24. The summed E-state index contributed by atoms with van der Waals surface area (Å²) < 4.78 is 0. The molecule has 1 amide bonds. The number of fused-ring (bicyclic) bond motifs is 1. The zero-order chi connectivity index (χ0) is 11.5. The van der Waals surface area contributed by atoms with Crippen molar-refractivity contribution in [2.75, 3.05) is 5.32 Å². The number of unbranched alkanes of at least 4 members (excludes halogenated alkanes) is 2. The lowest BCUT2D eigenvalue weighted by atomic mass is 9.99. The number of hydrogen-bond donors (Lipinski definition) is 1. The van der Waals surface area contributed by atoms with Gasteiger partial charge in [0, 0.05) is 0 Å². The fourth-order valence-electron chi connectivity index (χ4n) is 2.04. The minimum Gasteiger partial charge on any atom is -0.318 e. The monoisotopic (exact) mass is 217 g/mol. The number of ketones is 1. The average molecular weight is 217 g/mol. The first-order valence-electron chi connectivity index (χ1n) is 5.71. The van der Waals surface area contributed by atoms with Crippen LogP contribution in [0.4, 0.5) is 5.69 Å². The van der Waals surface area contributed by atoms with Crippen molar-refractivity contribution in [3.8, 4) is 0 Å². The number of amides is 1. The van der Waals surface area contributed by atoms with Gasteiger partial charge in [-0.3, -0.25) is 9.59 Å². The standard InChI is InChI=1S/C13H15NO2/c1-2-3-4-6-9-7-5-8-10-11(9)12(15)13(16)14-10/h5,7-8H,2-4,6H2,1H3,(H,14,15,16). The third-order valence-corrected chi connectivity index (χ3v) is 2.88. The molecule has 0 saturated heterocycles. The van der Waals surface area contributed by atoms with E-state index in [0.29, 0.717) is 11.3 Å². The van der Waals surface area contributed by atoms with Crippen molar-refractivity contribution in [2.24, 2.45) is 0 Å². The summed E-state index contributed by atoms with van der Waals surface area (Å²) in [5, 5.41) is 2.59. The van der Waals surface area contributed by atoms with Gasteiger partial charge in [-0.2, -0.15) is 0 Å². The molecule has 1 heterocycles. The van der Waals surface area contributed by atoms with Gasteiger partial charge in [0.15, 0.2) is 0 Å². The summed E-state index contributed by atoms with van der Waals surface area (Å²) in [6.07, 6.45) is 4.24. The molecule has 0 fully saturated rings. The SMILES string of the molecule is CCCCCc1cccc2c1C(=O)C(=O)N2. The van der Waals surface area contributed by atoms with Gasteiger partial charge in [-0.15, -0.1) is 0 Å². The second-order valence-electron chi connectivity index (χ2n) is 4.08. The van der Waals surface area contributed by atoms with E-state index in [2.05, 4.69) is 12.2 Å². The smallest absolute Gasteiger partial charge is 0.296 e. The molecule has 0 radical (unpaired) electrons. The Bertz CT molecular complexity index is 438. The molecule has 0 atom stereocenters. The highest BCUT2D eigenvalue weighted by Gasteiger charge is 2.29. The van der Waals surface area contributed by atoms with Crippen LogP contribution in [0, 0.1) is 0 Å². The van der Waals surface area contributed by atoms with Crippen molar-refractivity contribution < 1.29 is 9.59 Å². The van der Waals surface area contributed by atoms with E-state index in [4.69, 9.17) is 0 Å². The summed E-state index contributed by atoms with van der Waals surface area (Å²) in [4.78, 5) is 22.9. The van der Waals surface area contributed by atoms with Crippen LogP contribution in [0.5, 0.6) is 0 Å². The van der Waals surface area contributed by atoms with E-state index in [0.717, 1.165) is 31.2 Å². The van der Waals surface area contributed by atoms with E-state index in [1.54, 1.807) is 6.07 Å². The molecule has 3 heteroatoms. The van der Waals surface area contributed by atoms with Gasteiger partial charge < -0.3 is 5.32 Å². The summed E-state index contributed by atoms with van der Waals surface area (Å²) in [6, 6.07) is 5.60. The van der Waals surface area contributed by atoms with Crippen molar-refractivity contribution in [2.45, 2.75) is 32.6 Å². The molecule has 1 N–H and O–H groups in total. The first-order chi connectivity index (χ1) is 7.74. The van der Waals surface area contributed by atoms with E-state index >= 15 is 0 Å². The molecule has 1 aliphatic heterocycles. The van der Waals surface area contributed by atoms with Crippen molar-refractivity contribution in [3.63, 3.8) is 0 Å². The van der Waals surface area contributed by atoms with Crippen LogP contribution >= 0.6 is 0 Å². The van der Waals surface area contributed by atoms with Gasteiger partial charge in [-0.25, -0.2) is 0 Å². The number of carbonyl (C=O) groups excluding carboxylic acids is 2. The number of aryl methyl sites for hydroxylation is 1. The van der Waals surface area contributed by atoms with E-state index in [9.17, 15) is 9.59 Å². The number of nitrogens with one attached hydrogen (secondary N) is 1. The number of anilines is 1. The van der Waals surface area contributed by atoms with Crippen LogP contribution < -0.4 is 5.32 Å². The molecular weight excluding hydrogens is 202 g/mol. The lowest BCUT2D eigenvalue weighted by Crippen LogP contribution is -2.13. The van der Waals surface area contributed by atoms with Gasteiger partial charge in [0.2, 0.25) is 0 Å². The molecule has 1 aromatic carbocycles. The maximum atomic E-state index is 11.6. The van der Waals surface area contributed by atoms with Crippen LogP contribution in [-0.2, 0) is 11.2 Å². The Labute approximate surface area is 94.9 Å². The maximum Gasteiger partial charge on any atom is 0.296 e. The number of hydrogen-bond acceptors (Lipinski definition) is 2. The molecule has 16 heavy (non-hydrogen) atoms. The highest BCUT2D eigenvalue weighted by atomic mass is 16.2. The lowest BCUT2D eigenvalue weighted by Gasteiger charge is -2.05. The summed E-state index contributed by atoms with van der Waals surface area (Å²) in [6.45, 7) is 2.14. The maximum absolute atomic E-state index is 11.6. The van der Waals surface area contributed by atoms with Gasteiger partial charge in [0.1, 0.15) is 0 Å². The van der Waals surface area contributed by atoms with Crippen LogP contribution in [0.3, 0.4) is 0 Å². The molecule has 2 rings (SSSR count). The number of rotatable bonds is 4. The van der Waals surface area contributed by atoms with Gasteiger partial charge >= 0.3 is 0 Å². The Morgan fingerprint density at radius 3 is 2.75 bits per heavy atom. The molecule has 0 unspecified atom stereocenters. The highest BCUT2D eigenvalue weighted by Crippen LogP contribution is 2.27. The Morgan fingerprint density at radius 2 is 2.00 bits per heavy atom. The predicted octanol–water partition coefficient (Wildman–Crippen LogP) is 2.55. The zero-order valence-electron chi connectivity index (χ0n) is 9.38. The Kier molecular flexibility index (Phi) is 3.04. The molecule has 84 valence electrons. The topological polar surface area (TPSA) is 46.2 Å². The number of Topliss-reactive ketones (excluding diaryl/α,β-unsaturated/α-hetero) is 1. The van der Waals surface area contributed by atoms with Crippen molar-refractivity contribution in [3.05, 3.63) is 29.3 Å². The molecule has 1 aromatic rings. The minimum atomic E-state index is -0.502. The summed E-state index contributed by atoms with van der Waals surface area (Å²) in [5.41, 5.74) is 2.25. The quantitative estimate of drug-likeness (QED) is 0.622. The highest BCUT2D eigenvalue weighted by molar-refractivity contribution is 6.52. The predicted molar refractivity (Wildman–Crippen MR) is 62.6 cm³/mol. The first-order valence-corrected chi connectivity index (χ1v) is 5.71. The lowest BCUT2D eigenvalue weighted by molar-refractivity contribution is -0.112. The number of benzene rings is 1. The average Bonchev–Trinajstić information content (AvgIpc) is 2.56. The number of carbonyl (C=O) groups is 2. The van der Waals surface area contributed by atoms with Gasteiger partial charge in [0.05, 0.1) is 11.3 Å². The van der Waals surface area contributed by atoms with Crippen LogP contribution in [0.25, 0.3) is 0 Å². The molecule has 0 aromatic heterocycles. The van der Waals surface area contributed by atoms with E-state index < -0.39 is 5.91 Å². The van der Waals surface area contributed by atoms with E-state index in [1.807, 2.05) is 12.1 Å². The van der Waals surface area contributed by atoms with Gasteiger partial charge in [-0.1, -0.05) is 31.9 Å². The largest absolute Gasteiger partial charge is 0.318 e. The fourth-order valence-corrected chi connectivity index (χ4v) is 2.04. The van der Waals surface area contributed by atoms with Crippen LogP contribution in [0.1, 0.15) is 42.1 Å². The third-order valence-electron chi connectivity index (χ3n) is 2.88. The van der Waals surface area contributed by atoms with E-state index in [-0.39, 0.29) is 5.78 Å².